The summed E-state index contributed by atoms with van der Waals surface area (Å²) in [7, 11) is 0. The van der Waals surface area contributed by atoms with Crippen molar-refractivity contribution in [3.05, 3.63) is 22.9 Å². The zero-order valence-corrected chi connectivity index (χ0v) is 10.9. The molecule has 2 aromatic rings. The topological polar surface area (TPSA) is 103 Å². The number of rotatable bonds is 4. The molecule has 3 N–H and O–H groups in total. The van der Waals surface area contributed by atoms with Crippen LogP contribution in [0.3, 0.4) is 0 Å². The summed E-state index contributed by atoms with van der Waals surface area (Å²) >= 11 is 0. The van der Waals surface area contributed by atoms with Gasteiger partial charge in [-0.15, -0.1) is 5.10 Å². The fraction of sp³-hybridized carbons (Fsp3) is 0.545. The monoisotopic (exact) mass is 251 g/mol. The maximum absolute atomic E-state index is 5.65. The van der Waals surface area contributed by atoms with Crippen LogP contribution in [0.4, 0.5) is 6.01 Å². The molecule has 7 nitrogen and oxygen atoms in total. The highest BCUT2D eigenvalue weighted by molar-refractivity contribution is 5.32. The maximum Gasteiger partial charge on any atom is 0.316 e. The second-order valence-electron chi connectivity index (χ2n) is 4.34. The third kappa shape index (κ3) is 2.35. The van der Waals surface area contributed by atoms with Crippen LogP contribution >= 0.6 is 0 Å². The van der Waals surface area contributed by atoms with Crippen LogP contribution in [-0.4, -0.2) is 15.4 Å². The quantitative estimate of drug-likeness (QED) is 0.854. The molecule has 98 valence electrons. The summed E-state index contributed by atoms with van der Waals surface area (Å²) in [4.78, 5) is 0. The van der Waals surface area contributed by atoms with Gasteiger partial charge in [-0.25, -0.2) is 0 Å². The Morgan fingerprint density at radius 2 is 1.94 bits per heavy atom. The Morgan fingerprint density at radius 1 is 1.22 bits per heavy atom. The molecule has 2 unspecified atom stereocenters. The van der Waals surface area contributed by atoms with E-state index in [1.54, 1.807) is 6.92 Å². The lowest BCUT2D eigenvalue weighted by Crippen LogP contribution is -2.08. The SMILES string of the molecule is Cc1noc(C)c1C(C)Nc1nnc(C(C)N)o1. The molecule has 0 fully saturated rings. The van der Waals surface area contributed by atoms with Crippen molar-refractivity contribution in [2.45, 2.75) is 39.8 Å². The van der Waals surface area contributed by atoms with Crippen molar-refractivity contribution in [1.29, 1.82) is 0 Å². The van der Waals surface area contributed by atoms with Crippen LogP contribution in [0.25, 0.3) is 0 Å². The van der Waals surface area contributed by atoms with Crippen molar-refractivity contribution in [1.82, 2.24) is 15.4 Å². The van der Waals surface area contributed by atoms with Crippen LogP contribution in [0.1, 0.15) is 48.8 Å². The molecular formula is C11H17N5O2. The minimum absolute atomic E-state index is 0.0300. The lowest BCUT2D eigenvalue weighted by atomic mass is 10.1. The number of anilines is 1. The predicted octanol–water partition coefficient (Wildman–Crippen LogP) is 1.87. The van der Waals surface area contributed by atoms with E-state index in [1.165, 1.54) is 0 Å². The van der Waals surface area contributed by atoms with Gasteiger partial charge < -0.3 is 20.0 Å². The molecule has 0 aromatic carbocycles. The molecule has 18 heavy (non-hydrogen) atoms. The summed E-state index contributed by atoms with van der Waals surface area (Å²) in [5.74, 6) is 1.18. The van der Waals surface area contributed by atoms with Crippen LogP contribution in [0.15, 0.2) is 8.94 Å². The van der Waals surface area contributed by atoms with Gasteiger partial charge in [-0.3, -0.25) is 0 Å². The molecular weight excluding hydrogens is 234 g/mol. The summed E-state index contributed by atoms with van der Waals surface area (Å²) in [6, 6.07) is 0.0369. The molecule has 0 amide bonds. The summed E-state index contributed by atoms with van der Waals surface area (Å²) in [5.41, 5.74) is 7.49. The number of nitrogens with two attached hydrogens (primary N) is 1. The van der Waals surface area contributed by atoms with Gasteiger partial charge >= 0.3 is 6.01 Å². The van der Waals surface area contributed by atoms with Gasteiger partial charge in [-0.05, 0) is 27.7 Å². The minimum atomic E-state index is -0.276. The zero-order chi connectivity index (χ0) is 13.3. The summed E-state index contributed by atoms with van der Waals surface area (Å²) < 4.78 is 10.5. The molecule has 2 atom stereocenters. The van der Waals surface area contributed by atoms with E-state index in [2.05, 4.69) is 20.7 Å². The molecule has 0 aliphatic carbocycles. The highest BCUT2D eigenvalue weighted by Gasteiger charge is 2.18. The second kappa shape index (κ2) is 4.77. The maximum atomic E-state index is 5.65. The van der Waals surface area contributed by atoms with Crippen molar-refractivity contribution in [3.8, 4) is 0 Å². The van der Waals surface area contributed by atoms with Crippen LogP contribution < -0.4 is 11.1 Å². The standard InChI is InChI=1S/C11H17N5O2/c1-5(12)10-14-15-11(17-10)13-6(2)9-7(3)16-18-8(9)4/h5-6H,12H2,1-4H3,(H,13,15). The fourth-order valence-corrected chi connectivity index (χ4v) is 1.84. The number of hydrogen-bond donors (Lipinski definition) is 2. The number of aromatic nitrogens is 3. The number of nitrogens with one attached hydrogen (secondary N) is 1. The first kappa shape index (κ1) is 12.6. The Kier molecular flexibility index (Phi) is 3.33. The molecule has 0 radical (unpaired) electrons. The van der Waals surface area contributed by atoms with Gasteiger partial charge in [0.15, 0.2) is 0 Å². The lowest BCUT2D eigenvalue weighted by molar-refractivity contribution is 0.391. The van der Waals surface area contributed by atoms with Crippen LogP contribution in [0.2, 0.25) is 0 Å². The Labute approximate surface area is 105 Å². The normalized spacial score (nSPS) is 14.5. The van der Waals surface area contributed by atoms with Crippen LogP contribution in [0, 0.1) is 13.8 Å². The van der Waals surface area contributed by atoms with E-state index >= 15 is 0 Å². The molecule has 0 saturated heterocycles. The van der Waals surface area contributed by atoms with Crippen molar-refractivity contribution in [2.75, 3.05) is 5.32 Å². The van der Waals surface area contributed by atoms with Gasteiger partial charge in [0.05, 0.1) is 17.8 Å². The molecule has 0 bridgehead atoms. The second-order valence-corrected chi connectivity index (χ2v) is 4.34. The Balaban J connectivity index is 2.13. The Morgan fingerprint density at radius 3 is 2.44 bits per heavy atom. The Hall–Kier alpha value is -1.89. The number of aryl methyl sites for hydroxylation is 2. The average Bonchev–Trinajstić information content (AvgIpc) is 2.86. The van der Waals surface area contributed by atoms with E-state index in [4.69, 9.17) is 14.7 Å². The highest BCUT2D eigenvalue weighted by Crippen LogP contribution is 2.24. The first-order valence-electron chi connectivity index (χ1n) is 5.77. The van der Waals surface area contributed by atoms with E-state index in [0.717, 1.165) is 17.0 Å². The first-order valence-corrected chi connectivity index (χ1v) is 5.77. The molecule has 0 spiro atoms. The number of nitrogens with zero attached hydrogens (tertiary/aromatic N) is 3. The number of hydrogen-bond acceptors (Lipinski definition) is 7. The van der Waals surface area contributed by atoms with Crippen molar-refractivity contribution < 1.29 is 8.94 Å². The van der Waals surface area contributed by atoms with Crippen molar-refractivity contribution in [3.63, 3.8) is 0 Å². The molecule has 7 heteroatoms. The van der Waals surface area contributed by atoms with Crippen LogP contribution in [0.5, 0.6) is 0 Å². The molecule has 0 aliphatic heterocycles. The van der Waals surface area contributed by atoms with Gasteiger partial charge in [0.1, 0.15) is 5.76 Å². The van der Waals surface area contributed by atoms with E-state index in [-0.39, 0.29) is 12.1 Å². The third-order valence-corrected chi connectivity index (χ3v) is 2.69. The predicted molar refractivity (Wildman–Crippen MR) is 64.9 cm³/mol. The molecule has 2 heterocycles. The molecule has 2 rings (SSSR count). The van der Waals surface area contributed by atoms with E-state index in [0.29, 0.717) is 11.9 Å². The van der Waals surface area contributed by atoms with Gasteiger partial charge in [0.25, 0.3) is 0 Å². The largest absolute Gasteiger partial charge is 0.406 e. The molecule has 0 aliphatic rings. The molecule has 2 aromatic heterocycles. The lowest BCUT2D eigenvalue weighted by Gasteiger charge is -2.11. The highest BCUT2D eigenvalue weighted by atomic mass is 16.5. The average molecular weight is 251 g/mol. The van der Waals surface area contributed by atoms with Gasteiger partial charge in [0.2, 0.25) is 5.89 Å². The van der Waals surface area contributed by atoms with E-state index in [1.807, 2.05) is 20.8 Å². The molecule has 0 saturated carbocycles. The summed E-state index contributed by atoms with van der Waals surface area (Å²) in [6.07, 6.45) is 0. The Bertz CT molecular complexity index is 512. The van der Waals surface area contributed by atoms with Crippen LogP contribution in [-0.2, 0) is 0 Å². The van der Waals surface area contributed by atoms with E-state index < -0.39 is 0 Å². The van der Waals surface area contributed by atoms with Gasteiger partial charge in [0, 0.05) is 5.56 Å². The first-order chi connectivity index (χ1) is 8.49. The smallest absolute Gasteiger partial charge is 0.316 e. The minimum Gasteiger partial charge on any atom is -0.406 e. The van der Waals surface area contributed by atoms with Gasteiger partial charge in [-0.2, -0.15) is 0 Å². The van der Waals surface area contributed by atoms with Crippen molar-refractivity contribution in [2.24, 2.45) is 5.73 Å². The zero-order valence-electron chi connectivity index (χ0n) is 10.9. The van der Waals surface area contributed by atoms with Crippen molar-refractivity contribution >= 4 is 6.01 Å². The summed E-state index contributed by atoms with van der Waals surface area (Å²) in [6.45, 7) is 7.53. The third-order valence-electron chi connectivity index (χ3n) is 2.69. The summed E-state index contributed by atoms with van der Waals surface area (Å²) in [5, 5.41) is 14.8. The fourth-order valence-electron chi connectivity index (χ4n) is 1.84. The van der Waals surface area contributed by atoms with Gasteiger partial charge in [-0.1, -0.05) is 10.3 Å². The van der Waals surface area contributed by atoms with E-state index in [9.17, 15) is 0 Å².